The Morgan fingerprint density at radius 1 is 1.56 bits per heavy atom. The Kier molecular flexibility index (Phi) is 2.95. The summed E-state index contributed by atoms with van der Waals surface area (Å²) >= 11 is 0. The van der Waals surface area contributed by atoms with Crippen LogP contribution in [0, 0.1) is 11.8 Å². The lowest BCUT2D eigenvalue weighted by Crippen LogP contribution is -2.13. The highest BCUT2D eigenvalue weighted by molar-refractivity contribution is 5.72. The van der Waals surface area contributed by atoms with E-state index < -0.39 is 5.97 Å². The molecule has 0 spiro atoms. The van der Waals surface area contributed by atoms with E-state index in [0.29, 0.717) is 18.8 Å². The lowest BCUT2D eigenvalue weighted by atomic mass is 10.0. The smallest absolute Gasteiger partial charge is 0.307 e. The summed E-state index contributed by atoms with van der Waals surface area (Å²) in [5, 5.41) is 8.97. The van der Waals surface area contributed by atoms with Gasteiger partial charge in [-0.05, 0) is 29.9 Å². The molecule has 3 heteroatoms. The van der Waals surface area contributed by atoms with Crippen molar-refractivity contribution in [3.63, 3.8) is 0 Å². The fraction of sp³-hybridized carbons (Fsp3) is 0.538. The average Bonchev–Trinajstić information content (AvgIpc) is 2.59. The molecule has 1 unspecified atom stereocenters. The monoisotopic (exact) mass is 219 g/mol. The Hall–Kier alpha value is -1.38. The molecule has 86 valence electrons. The molecule has 0 fully saturated rings. The zero-order valence-electron chi connectivity index (χ0n) is 9.73. The molecule has 1 aromatic rings. The van der Waals surface area contributed by atoms with Gasteiger partial charge in [-0.2, -0.15) is 0 Å². The second kappa shape index (κ2) is 4.24. The molecule has 0 bridgehead atoms. The summed E-state index contributed by atoms with van der Waals surface area (Å²) < 4.78 is 0. The number of aliphatic carboxylic acids is 1. The fourth-order valence-electron chi connectivity index (χ4n) is 2.28. The Labute approximate surface area is 95.5 Å². The van der Waals surface area contributed by atoms with Gasteiger partial charge in [0.05, 0.1) is 5.92 Å². The standard InChI is InChI=1S/C13H17NO2/c1-8(2)3-9-4-10-5-11(13(15)16)6-12(10)14-7-9/h4,7-8,11H,3,5-6H2,1-2H3,(H,15,16). The molecule has 1 N–H and O–H groups in total. The van der Waals surface area contributed by atoms with Crippen LogP contribution in [0.3, 0.4) is 0 Å². The summed E-state index contributed by atoms with van der Waals surface area (Å²) in [6, 6.07) is 2.13. The van der Waals surface area contributed by atoms with E-state index in [4.69, 9.17) is 5.11 Å². The first-order valence-electron chi connectivity index (χ1n) is 5.75. The Morgan fingerprint density at radius 3 is 2.94 bits per heavy atom. The summed E-state index contributed by atoms with van der Waals surface area (Å²) in [6.45, 7) is 4.35. The van der Waals surface area contributed by atoms with Crippen molar-refractivity contribution in [3.05, 3.63) is 29.1 Å². The van der Waals surface area contributed by atoms with Gasteiger partial charge in [-0.25, -0.2) is 0 Å². The van der Waals surface area contributed by atoms with Crippen molar-refractivity contribution in [3.8, 4) is 0 Å². The molecule has 0 saturated heterocycles. The van der Waals surface area contributed by atoms with Gasteiger partial charge in [-0.3, -0.25) is 9.78 Å². The topological polar surface area (TPSA) is 50.2 Å². The van der Waals surface area contributed by atoms with E-state index in [2.05, 4.69) is 24.9 Å². The van der Waals surface area contributed by atoms with Crippen LogP contribution in [0.15, 0.2) is 12.3 Å². The SMILES string of the molecule is CC(C)Cc1cnc2c(c1)CC(C(=O)O)C2. The highest BCUT2D eigenvalue weighted by atomic mass is 16.4. The number of carboxylic acids is 1. The second-order valence-corrected chi connectivity index (χ2v) is 4.99. The zero-order valence-corrected chi connectivity index (χ0v) is 9.73. The normalized spacial score (nSPS) is 18.8. The Balaban J connectivity index is 2.17. The van der Waals surface area contributed by atoms with Gasteiger partial charge in [0.2, 0.25) is 0 Å². The maximum absolute atomic E-state index is 10.9. The average molecular weight is 219 g/mol. The highest BCUT2D eigenvalue weighted by Crippen LogP contribution is 2.26. The molecule has 0 radical (unpaired) electrons. The van der Waals surface area contributed by atoms with Crippen LogP contribution < -0.4 is 0 Å². The van der Waals surface area contributed by atoms with E-state index in [0.717, 1.165) is 17.7 Å². The molecule has 2 rings (SSSR count). The molecule has 16 heavy (non-hydrogen) atoms. The van der Waals surface area contributed by atoms with E-state index in [1.54, 1.807) is 0 Å². The van der Waals surface area contributed by atoms with E-state index in [1.165, 1.54) is 5.56 Å². The van der Waals surface area contributed by atoms with Crippen LogP contribution in [-0.4, -0.2) is 16.1 Å². The van der Waals surface area contributed by atoms with Gasteiger partial charge in [0.1, 0.15) is 0 Å². The predicted octanol–water partition coefficient (Wildman–Crippen LogP) is 2.08. The first-order chi connectivity index (χ1) is 7.56. The van der Waals surface area contributed by atoms with Crippen LogP contribution in [0.4, 0.5) is 0 Å². The van der Waals surface area contributed by atoms with Crippen molar-refractivity contribution in [2.45, 2.75) is 33.1 Å². The van der Waals surface area contributed by atoms with Crippen molar-refractivity contribution >= 4 is 5.97 Å². The summed E-state index contributed by atoms with van der Waals surface area (Å²) in [7, 11) is 0. The molecule has 1 atom stereocenters. The minimum absolute atomic E-state index is 0.267. The minimum atomic E-state index is -0.705. The largest absolute Gasteiger partial charge is 0.481 e. The van der Waals surface area contributed by atoms with Crippen molar-refractivity contribution in [1.82, 2.24) is 4.98 Å². The quantitative estimate of drug-likeness (QED) is 0.846. The molecule has 1 aromatic heterocycles. The molecule has 3 nitrogen and oxygen atoms in total. The predicted molar refractivity (Wildman–Crippen MR) is 61.3 cm³/mol. The summed E-state index contributed by atoms with van der Waals surface area (Å²) in [5.41, 5.74) is 3.32. The molecule has 1 aliphatic carbocycles. The van der Waals surface area contributed by atoms with E-state index in [-0.39, 0.29) is 5.92 Å². The van der Waals surface area contributed by atoms with Gasteiger partial charge in [0.25, 0.3) is 0 Å². The van der Waals surface area contributed by atoms with Gasteiger partial charge in [-0.15, -0.1) is 0 Å². The number of aromatic nitrogens is 1. The third kappa shape index (κ3) is 2.23. The maximum atomic E-state index is 10.9. The number of carbonyl (C=O) groups is 1. The third-order valence-corrected chi connectivity index (χ3v) is 3.02. The molecule has 0 saturated carbocycles. The Morgan fingerprint density at radius 2 is 2.31 bits per heavy atom. The number of hydrogen-bond donors (Lipinski definition) is 1. The van der Waals surface area contributed by atoms with E-state index in [9.17, 15) is 4.79 Å². The maximum Gasteiger partial charge on any atom is 0.307 e. The zero-order chi connectivity index (χ0) is 11.7. The molecule has 0 aromatic carbocycles. The third-order valence-electron chi connectivity index (χ3n) is 3.02. The van der Waals surface area contributed by atoms with Crippen LogP contribution >= 0.6 is 0 Å². The Bertz CT molecular complexity index is 412. The van der Waals surface area contributed by atoms with Crippen molar-refractivity contribution < 1.29 is 9.90 Å². The van der Waals surface area contributed by atoms with Crippen LogP contribution in [-0.2, 0) is 24.1 Å². The second-order valence-electron chi connectivity index (χ2n) is 4.99. The van der Waals surface area contributed by atoms with Gasteiger partial charge >= 0.3 is 5.97 Å². The lowest BCUT2D eigenvalue weighted by molar-refractivity contribution is -0.141. The number of pyridine rings is 1. The first-order valence-corrected chi connectivity index (χ1v) is 5.75. The van der Waals surface area contributed by atoms with Gasteiger partial charge in [0.15, 0.2) is 0 Å². The van der Waals surface area contributed by atoms with E-state index >= 15 is 0 Å². The van der Waals surface area contributed by atoms with Crippen molar-refractivity contribution in [2.24, 2.45) is 11.8 Å². The fourth-order valence-corrected chi connectivity index (χ4v) is 2.28. The molecular formula is C13H17NO2. The van der Waals surface area contributed by atoms with Crippen molar-refractivity contribution in [1.29, 1.82) is 0 Å². The number of nitrogens with zero attached hydrogens (tertiary/aromatic N) is 1. The summed E-state index contributed by atoms with van der Waals surface area (Å²) in [4.78, 5) is 15.3. The number of rotatable bonds is 3. The van der Waals surface area contributed by atoms with Gasteiger partial charge in [0, 0.05) is 18.3 Å². The van der Waals surface area contributed by atoms with Gasteiger partial charge < -0.3 is 5.11 Å². The molecule has 0 amide bonds. The van der Waals surface area contributed by atoms with Crippen molar-refractivity contribution in [2.75, 3.05) is 0 Å². The van der Waals surface area contributed by atoms with Crippen LogP contribution in [0.2, 0.25) is 0 Å². The van der Waals surface area contributed by atoms with Crippen LogP contribution in [0.25, 0.3) is 0 Å². The molecule has 0 aliphatic heterocycles. The number of fused-ring (bicyclic) bond motifs is 1. The molecule has 1 heterocycles. The minimum Gasteiger partial charge on any atom is -0.481 e. The summed E-state index contributed by atoms with van der Waals surface area (Å²) in [6.07, 6.45) is 4.14. The first kappa shape index (κ1) is 11.1. The van der Waals surface area contributed by atoms with Gasteiger partial charge in [-0.1, -0.05) is 19.9 Å². The molecular weight excluding hydrogens is 202 g/mol. The highest BCUT2D eigenvalue weighted by Gasteiger charge is 2.28. The lowest BCUT2D eigenvalue weighted by Gasteiger charge is -2.06. The number of hydrogen-bond acceptors (Lipinski definition) is 2. The van der Waals surface area contributed by atoms with Crippen LogP contribution in [0.5, 0.6) is 0 Å². The van der Waals surface area contributed by atoms with Crippen LogP contribution in [0.1, 0.15) is 30.7 Å². The molecule has 1 aliphatic rings. The number of carboxylic acid groups (broad SMARTS) is 1. The summed E-state index contributed by atoms with van der Waals surface area (Å²) in [5.74, 6) is -0.364. The van der Waals surface area contributed by atoms with E-state index in [1.807, 2.05) is 6.20 Å².